The van der Waals surface area contributed by atoms with Crippen molar-refractivity contribution in [2.45, 2.75) is 53.0 Å². The first-order valence-corrected chi connectivity index (χ1v) is 9.86. The largest absolute Gasteiger partial charge is 0.355 e. The number of amides is 1. The average Bonchev–Trinajstić information content (AvgIpc) is 3.07. The fourth-order valence-electron chi connectivity index (χ4n) is 4.12. The molecule has 6 heteroatoms. The van der Waals surface area contributed by atoms with Crippen LogP contribution < -0.4 is 4.90 Å². The topological polar surface area (TPSA) is 52.6 Å². The first-order chi connectivity index (χ1) is 12.3. The van der Waals surface area contributed by atoms with Crippen LogP contribution in [0.2, 0.25) is 0 Å². The van der Waals surface area contributed by atoms with Crippen molar-refractivity contribution in [2.24, 2.45) is 5.41 Å². The molecule has 0 N–H and O–H groups in total. The Labute approximate surface area is 157 Å². The molecule has 3 heterocycles. The van der Waals surface area contributed by atoms with Gasteiger partial charge < -0.3 is 14.7 Å². The Morgan fingerprint density at radius 1 is 1.19 bits per heavy atom. The summed E-state index contributed by atoms with van der Waals surface area (Å²) in [5.74, 6) is 1.27. The van der Waals surface area contributed by atoms with E-state index >= 15 is 0 Å². The summed E-state index contributed by atoms with van der Waals surface area (Å²) in [4.78, 5) is 28.7. The van der Waals surface area contributed by atoms with Crippen molar-refractivity contribution in [3.63, 3.8) is 0 Å². The van der Waals surface area contributed by atoms with E-state index in [-0.39, 0.29) is 5.91 Å². The minimum atomic E-state index is -0.0183. The van der Waals surface area contributed by atoms with Gasteiger partial charge in [0, 0.05) is 48.9 Å². The minimum Gasteiger partial charge on any atom is -0.355 e. The Morgan fingerprint density at radius 3 is 2.38 bits per heavy atom. The molecule has 1 amide bonds. The number of rotatable bonds is 5. The third-order valence-electron chi connectivity index (χ3n) is 6.59. The zero-order valence-corrected chi connectivity index (χ0v) is 17.2. The smallest absolute Gasteiger partial charge is 0.291 e. The fourth-order valence-corrected chi connectivity index (χ4v) is 4.12. The highest BCUT2D eigenvalue weighted by Crippen LogP contribution is 2.37. The number of anilines is 1. The van der Waals surface area contributed by atoms with Crippen molar-refractivity contribution < 1.29 is 4.79 Å². The van der Waals surface area contributed by atoms with Gasteiger partial charge in [-0.25, -0.2) is 9.97 Å². The van der Waals surface area contributed by atoms with Crippen molar-refractivity contribution in [1.29, 1.82) is 0 Å². The van der Waals surface area contributed by atoms with Gasteiger partial charge in [-0.05, 0) is 47.2 Å². The second-order valence-corrected chi connectivity index (χ2v) is 8.30. The number of carbonyl (C=O) groups is 1. The van der Waals surface area contributed by atoms with E-state index < -0.39 is 0 Å². The SMILES string of the molecule is CCC1(CC)CN(C(=O)c2nc(C)c(C)c(N3CC[C@@H](N(C)C)C3)n2)C1. The number of aromatic nitrogens is 2. The van der Waals surface area contributed by atoms with Crippen molar-refractivity contribution in [3.8, 4) is 0 Å². The number of likely N-dealkylation sites (N-methyl/N-ethyl adjacent to an activating group) is 1. The second kappa shape index (κ2) is 7.14. The maximum Gasteiger partial charge on any atom is 0.291 e. The normalized spacial score (nSPS) is 22.0. The van der Waals surface area contributed by atoms with Gasteiger partial charge in [0.1, 0.15) is 5.82 Å². The maximum atomic E-state index is 12.9. The molecular weight excluding hydrogens is 326 g/mol. The molecule has 26 heavy (non-hydrogen) atoms. The zero-order valence-electron chi connectivity index (χ0n) is 17.2. The summed E-state index contributed by atoms with van der Waals surface area (Å²) in [7, 11) is 4.25. The molecule has 0 radical (unpaired) electrons. The van der Waals surface area contributed by atoms with Gasteiger partial charge in [0.05, 0.1) is 0 Å². The van der Waals surface area contributed by atoms with Crippen LogP contribution in [0.15, 0.2) is 0 Å². The van der Waals surface area contributed by atoms with Crippen LogP contribution in [0, 0.1) is 19.3 Å². The van der Waals surface area contributed by atoms with Gasteiger partial charge in [-0.2, -0.15) is 0 Å². The highest BCUT2D eigenvalue weighted by atomic mass is 16.2. The molecule has 2 fully saturated rings. The molecule has 1 aromatic heterocycles. The van der Waals surface area contributed by atoms with Gasteiger partial charge in [0.25, 0.3) is 5.91 Å². The van der Waals surface area contributed by atoms with Crippen LogP contribution in [0.25, 0.3) is 0 Å². The first-order valence-electron chi connectivity index (χ1n) is 9.86. The van der Waals surface area contributed by atoms with Crippen LogP contribution in [0.5, 0.6) is 0 Å². The Hall–Kier alpha value is -1.69. The molecule has 2 aliphatic heterocycles. The molecule has 0 unspecified atom stereocenters. The number of carbonyl (C=O) groups excluding carboxylic acids is 1. The van der Waals surface area contributed by atoms with E-state index in [0.29, 0.717) is 17.3 Å². The predicted molar refractivity (Wildman–Crippen MR) is 105 cm³/mol. The molecular formula is C20H33N5O. The molecule has 0 aromatic carbocycles. The van der Waals surface area contributed by atoms with E-state index in [1.807, 2.05) is 11.8 Å². The standard InChI is InChI=1S/C20H33N5O/c1-7-20(8-2)12-25(13-20)19(26)17-21-15(4)14(3)18(22-17)24-10-9-16(11-24)23(5)6/h16H,7-13H2,1-6H3/t16-/m1/s1. The van der Waals surface area contributed by atoms with E-state index in [1.165, 1.54) is 0 Å². The van der Waals surface area contributed by atoms with Crippen molar-refractivity contribution in [1.82, 2.24) is 19.8 Å². The first kappa shape index (κ1) is 19.1. The van der Waals surface area contributed by atoms with Crippen LogP contribution >= 0.6 is 0 Å². The summed E-state index contributed by atoms with van der Waals surface area (Å²) in [5, 5.41) is 0. The van der Waals surface area contributed by atoms with Gasteiger partial charge in [0.2, 0.25) is 5.82 Å². The van der Waals surface area contributed by atoms with Gasteiger partial charge in [-0.1, -0.05) is 13.8 Å². The lowest BCUT2D eigenvalue weighted by molar-refractivity contribution is 0.000400. The van der Waals surface area contributed by atoms with Gasteiger partial charge >= 0.3 is 0 Å². The summed E-state index contributed by atoms with van der Waals surface area (Å²) >= 11 is 0. The Morgan fingerprint density at radius 2 is 1.85 bits per heavy atom. The zero-order chi connectivity index (χ0) is 19.1. The molecule has 6 nitrogen and oxygen atoms in total. The van der Waals surface area contributed by atoms with Gasteiger partial charge in [-0.3, -0.25) is 4.79 Å². The molecule has 0 bridgehead atoms. The highest BCUT2D eigenvalue weighted by Gasteiger charge is 2.43. The molecule has 2 saturated heterocycles. The maximum absolute atomic E-state index is 12.9. The number of likely N-dealkylation sites (tertiary alicyclic amines) is 1. The van der Waals surface area contributed by atoms with E-state index in [9.17, 15) is 4.79 Å². The fraction of sp³-hybridized carbons (Fsp3) is 0.750. The van der Waals surface area contributed by atoms with Crippen LogP contribution in [0.4, 0.5) is 5.82 Å². The monoisotopic (exact) mass is 359 g/mol. The molecule has 144 valence electrons. The van der Waals surface area contributed by atoms with Crippen molar-refractivity contribution >= 4 is 11.7 Å². The third kappa shape index (κ3) is 3.31. The van der Waals surface area contributed by atoms with E-state index in [2.05, 4.69) is 49.7 Å². The number of hydrogen-bond acceptors (Lipinski definition) is 5. The molecule has 2 aliphatic rings. The lowest BCUT2D eigenvalue weighted by atomic mass is 9.75. The minimum absolute atomic E-state index is 0.0183. The summed E-state index contributed by atoms with van der Waals surface area (Å²) in [5.41, 5.74) is 2.29. The third-order valence-corrected chi connectivity index (χ3v) is 6.59. The van der Waals surface area contributed by atoms with Crippen molar-refractivity contribution in [2.75, 3.05) is 45.2 Å². The number of aryl methyl sites for hydroxylation is 1. The predicted octanol–water partition coefficient (Wildman–Crippen LogP) is 2.50. The molecule has 1 atom stereocenters. The summed E-state index contributed by atoms with van der Waals surface area (Å²) in [6.45, 7) is 12.1. The van der Waals surface area contributed by atoms with E-state index in [4.69, 9.17) is 4.98 Å². The molecule has 0 saturated carbocycles. The molecule has 0 aliphatic carbocycles. The Kier molecular flexibility index (Phi) is 5.24. The van der Waals surface area contributed by atoms with E-state index in [0.717, 1.165) is 62.5 Å². The van der Waals surface area contributed by atoms with Gasteiger partial charge in [0.15, 0.2) is 0 Å². The lowest BCUT2D eigenvalue weighted by Gasteiger charge is -2.49. The second-order valence-electron chi connectivity index (χ2n) is 8.30. The summed E-state index contributed by atoms with van der Waals surface area (Å²) in [6, 6.07) is 0.536. The van der Waals surface area contributed by atoms with Gasteiger partial charge in [-0.15, -0.1) is 0 Å². The quantitative estimate of drug-likeness (QED) is 0.808. The van der Waals surface area contributed by atoms with Crippen LogP contribution in [-0.4, -0.2) is 72.0 Å². The summed E-state index contributed by atoms with van der Waals surface area (Å²) < 4.78 is 0. The van der Waals surface area contributed by atoms with Crippen LogP contribution in [0.1, 0.15) is 55.0 Å². The Balaban J connectivity index is 1.80. The number of nitrogens with zero attached hydrogens (tertiary/aromatic N) is 5. The lowest BCUT2D eigenvalue weighted by Crippen LogP contribution is -2.58. The Bertz CT molecular complexity index is 675. The average molecular weight is 360 g/mol. The summed E-state index contributed by atoms with van der Waals surface area (Å²) in [6.07, 6.45) is 3.36. The highest BCUT2D eigenvalue weighted by molar-refractivity contribution is 5.91. The number of hydrogen-bond donors (Lipinski definition) is 0. The van der Waals surface area contributed by atoms with Crippen LogP contribution in [0.3, 0.4) is 0 Å². The van der Waals surface area contributed by atoms with E-state index in [1.54, 1.807) is 0 Å². The van der Waals surface area contributed by atoms with Crippen molar-refractivity contribution in [3.05, 3.63) is 17.1 Å². The molecule has 0 spiro atoms. The van der Waals surface area contributed by atoms with Crippen LogP contribution in [-0.2, 0) is 0 Å². The molecule has 1 aromatic rings. The molecule has 3 rings (SSSR count).